The van der Waals surface area contributed by atoms with Gasteiger partial charge in [0.05, 0.1) is 18.9 Å². The summed E-state index contributed by atoms with van der Waals surface area (Å²) in [4.78, 5) is 5.90. The van der Waals surface area contributed by atoms with Crippen LogP contribution in [0.3, 0.4) is 0 Å². The van der Waals surface area contributed by atoms with Gasteiger partial charge in [-0.15, -0.1) is 0 Å². The van der Waals surface area contributed by atoms with E-state index < -0.39 is 0 Å². The molecule has 1 spiro atoms. The first-order valence-electron chi connectivity index (χ1n) is 9.01. The van der Waals surface area contributed by atoms with Crippen LogP contribution in [0.2, 0.25) is 0 Å². The minimum Gasteiger partial charge on any atom is -0.493 e. The number of nitrogens with one attached hydrogen (secondary N) is 2. The Morgan fingerprint density at radius 2 is 2.04 bits per heavy atom. The van der Waals surface area contributed by atoms with Gasteiger partial charge in [0.15, 0.2) is 11.5 Å². The van der Waals surface area contributed by atoms with E-state index in [9.17, 15) is 0 Å². The average molecular weight is 330 g/mol. The Bertz CT molecular complexity index is 617. The lowest BCUT2D eigenvalue weighted by molar-refractivity contribution is -0.0470. The highest BCUT2D eigenvalue weighted by molar-refractivity contribution is 5.68. The molecule has 5 nitrogen and oxygen atoms in total. The minimum absolute atomic E-state index is 0.222. The third kappa shape index (κ3) is 3.10. The van der Waals surface area contributed by atoms with E-state index in [1.165, 1.54) is 12.8 Å². The smallest absolute Gasteiger partial charge is 0.162 e. The first-order valence-corrected chi connectivity index (χ1v) is 9.01. The van der Waals surface area contributed by atoms with Crippen molar-refractivity contribution >= 4 is 5.70 Å². The van der Waals surface area contributed by atoms with Crippen LogP contribution in [0, 0.1) is 0 Å². The number of rotatable bonds is 4. The van der Waals surface area contributed by atoms with Crippen LogP contribution in [0.5, 0.6) is 11.5 Å². The molecule has 3 aliphatic rings. The van der Waals surface area contributed by atoms with E-state index in [1.807, 2.05) is 6.07 Å². The van der Waals surface area contributed by atoms with Crippen LogP contribution in [0.1, 0.15) is 44.1 Å². The van der Waals surface area contributed by atoms with Gasteiger partial charge in [0.1, 0.15) is 5.60 Å². The molecule has 5 heteroatoms. The molecule has 1 unspecified atom stereocenters. The fourth-order valence-electron chi connectivity index (χ4n) is 3.85. The summed E-state index contributed by atoms with van der Waals surface area (Å²) in [7, 11) is 1.69. The molecule has 0 radical (unpaired) electrons. The van der Waals surface area contributed by atoms with Crippen LogP contribution >= 0.6 is 0 Å². The van der Waals surface area contributed by atoms with Gasteiger partial charge < -0.3 is 14.8 Å². The van der Waals surface area contributed by atoms with E-state index in [1.54, 1.807) is 7.11 Å². The first-order chi connectivity index (χ1) is 11.8. The molecule has 2 N–H and O–H groups in total. The molecule has 130 valence electrons. The van der Waals surface area contributed by atoms with Gasteiger partial charge in [-0.1, -0.05) is 0 Å². The molecule has 1 saturated heterocycles. The number of hydrogen-bond acceptors (Lipinski definition) is 5. The van der Waals surface area contributed by atoms with Crippen LogP contribution < -0.4 is 20.3 Å². The molecule has 4 rings (SSSR count). The molecule has 1 aromatic carbocycles. The van der Waals surface area contributed by atoms with Gasteiger partial charge in [-0.25, -0.2) is 0 Å². The molecular weight excluding hydrogens is 304 g/mol. The second-order valence-electron chi connectivity index (χ2n) is 7.00. The van der Waals surface area contributed by atoms with Crippen molar-refractivity contribution in [2.24, 2.45) is 0 Å². The van der Waals surface area contributed by atoms with Gasteiger partial charge in [-0.05, 0) is 69.3 Å². The molecule has 1 saturated carbocycles. The topological polar surface area (TPSA) is 51.8 Å². The van der Waals surface area contributed by atoms with Gasteiger partial charge in [0.2, 0.25) is 0 Å². The molecule has 2 fully saturated rings. The number of methoxy groups -OCH3 is 1. The predicted octanol–water partition coefficient (Wildman–Crippen LogP) is 3.01. The number of hydroxylamine groups is 1. The zero-order chi connectivity index (χ0) is 16.4. The molecule has 2 aliphatic heterocycles. The van der Waals surface area contributed by atoms with Crippen molar-refractivity contribution in [3.05, 3.63) is 29.8 Å². The number of piperidine rings is 1. The Morgan fingerprint density at radius 3 is 2.79 bits per heavy atom. The monoisotopic (exact) mass is 330 g/mol. The molecule has 1 aromatic rings. The summed E-state index contributed by atoms with van der Waals surface area (Å²) in [6, 6.07) is 6.10. The summed E-state index contributed by atoms with van der Waals surface area (Å²) in [5, 5.41) is 3.41. The molecule has 0 aromatic heterocycles. The van der Waals surface area contributed by atoms with Crippen molar-refractivity contribution in [2.45, 2.75) is 50.2 Å². The van der Waals surface area contributed by atoms with Crippen LogP contribution in [0.15, 0.2) is 24.3 Å². The molecule has 24 heavy (non-hydrogen) atoms. The highest BCUT2D eigenvalue weighted by Crippen LogP contribution is 2.36. The summed E-state index contributed by atoms with van der Waals surface area (Å²) in [6.45, 7) is 1.92. The summed E-state index contributed by atoms with van der Waals surface area (Å²) < 4.78 is 11.7. The van der Waals surface area contributed by atoms with Crippen LogP contribution in [-0.4, -0.2) is 31.9 Å². The van der Waals surface area contributed by atoms with Crippen molar-refractivity contribution in [3.63, 3.8) is 0 Å². The maximum absolute atomic E-state index is 6.20. The lowest BCUT2D eigenvalue weighted by Crippen LogP contribution is -2.45. The highest BCUT2D eigenvalue weighted by atomic mass is 16.7. The summed E-state index contributed by atoms with van der Waals surface area (Å²) in [6.07, 6.45) is 9.46. The van der Waals surface area contributed by atoms with Gasteiger partial charge in [0.25, 0.3) is 0 Å². The van der Waals surface area contributed by atoms with Crippen molar-refractivity contribution in [2.75, 3.05) is 20.2 Å². The van der Waals surface area contributed by atoms with E-state index in [4.69, 9.17) is 14.3 Å². The fourth-order valence-corrected chi connectivity index (χ4v) is 3.85. The quantitative estimate of drug-likeness (QED) is 0.889. The molecule has 0 bridgehead atoms. The lowest BCUT2D eigenvalue weighted by atomic mass is 9.93. The van der Waals surface area contributed by atoms with Crippen LogP contribution in [0.4, 0.5) is 0 Å². The largest absolute Gasteiger partial charge is 0.493 e. The highest BCUT2D eigenvalue weighted by Gasteiger charge is 2.36. The maximum Gasteiger partial charge on any atom is 0.162 e. The summed E-state index contributed by atoms with van der Waals surface area (Å²) in [5.74, 6) is 1.62. The lowest BCUT2D eigenvalue weighted by Gasteiger charge is -2.30. The molecule has 1 aliphatic carbocycles. The van der Waals surface area contributed by atoms with Crippen molar-refractivity contribution in [1.29, 1.82) is 0 Å². The second kappa shape index (κ2) is 6.65. The molecule has 2 heterocycles. The van der Waals surface area contributed by atoms with E-state index in [-0.39, 0.29) is 5.60 Å². The van der Waals surface area contributed by atoms with Crippen LogP contribution in [0.25, 0.3) is 5.70 Å². The van der Waals surface area contributed by atoms with E-state index >= 15 is 0 Å². The Kier molecular flexibility index (Phi) is 4.37. The van der Waals surface area contributed by atoms with Gasteiger partial charge in [0, 0.05) is 12.1 Å². The van der Waals surface area contributed by atoms with Crippen molar-refractivity contribution in [3.8, 4) is 11.5 Å². The standard InChI is InChI=1S/C19H26N2O3/c1-22-17-8-7-14(11-18(17)23-15-5-2-3-6-15)16-12-19(24-21-16)9-4-10-20-13-19/h7-8,11-12,15,20-21H,2-6,9-10,13H2,1H3. The average Bonchev–Trinajstić information content (AvgIpc) is 3.26. The fraction of sp³-hybridized carbons (Fsp3) is 0.579. The summed E-state index contributed by atoms with van der Waals surface area (Å²) >= 11 is 0. The maximum atomic E-state index is 6.20. The van der Waals surface area contributed by atoms with Crippen molar-refractivity contribution in [1.82, 2.24) is 10.8 Å². The molecular formula is C19H26N2O3. The van der Waals surface area contributed by atoms with Crippen LogP contribution in [-0.2, 0) is 4.84 Å². The van der Waals surface area contributed by atoms with Gasteiger partial charge >= 0.3 is 0 Å². The third-order valence-corrected chi connectivity index (χ3v) is 5.22. The Balaban J connectivity index is 1.57. The third-order valence-electron chi connectivity index (χ3n) is 5.22. The zero-order valence-electron chi connectivity index (χ0n) is 14.3. The summed E-state index contributed by atoms with van der Waals surface area (Å²) in [5.41, 5.74) is 4.98. The normalized spacial score (nSPS) is 27.1. The SMILES string of the molecule is COc1ccc(C2=CC3(CCCNC3)ON2)cc1OC1CCCC1. The predicted molar refractivity (Wildman–Crippen MR) is 92.9 cm³/mol. The zero-order valence-corrected chi connectivity index (χ0v) is 14.3. The Morgan fingerprint density at radius 1 is 1.17 bits per heavy atom. The van der Waals surface area contributed by atoms with E-state index in [2.05, 4.69) is 29.0 Å². The number of hydrogen-bond donors (Lipinski definition) is 2. The number of ether oxygens (including phenoxy) is 2. The van der Waals surface area contributed by atoms with Gasteiger partial charge in [-0.3, -0.25) is 10.3 Å². The van der Waals surface area contributed by atoms with E-state index in [0.29, 0.717) is 6.10 Å². The number of benzene rings is 1. The minimum atomic E-state index is -0.222. The molecule has 1 atom stereocenters. The molecule has 0 amide bonds. The Labute approximate surface area is 143 Å². The second-order valence-corrected chi connectivity index (χ2v) is 7.00. The van der Waals surface area contributed by atoms with E-state index in [0.717, 1.165) is 61.5 Å². The van der Waals surface area contributed by atoms with Gasteiger partial charge in [-0.2, -0.15) is 0 Å². The Hall–Kier alpha value is -1.72. The van der Waals surface area contributed by atoms with Crippen molar-refractivity contribution < 1.29 is 14.3 Å². The first kappa shape index (κ1) is 15.8.